The van der Waals surface area contributed by atoms with Gasteiger partial charge >= 0.3 is 0 Å². The molecule has 3 rings (SSSR count). The highest BCUT2D eigenvalue weighted by atomic mass is 16.5. The molecule has 1 aromatic heterocycles. The molecule has 0 bridgehead atoms. The number of hydrogen-bond donors (Lipinski definition) is 0. The predicted octanol–water partition coefficient (Wildman–Crippen LogP) is 4.01. The molecule has 1 saturated carbocycles. The van der Waals surface area contributed by atoms with Crippen molar-refractivity contribution in [3.63, 3.8) is 0 Å². The van der Waals surface area contributed by atoms with Crippen molar-refractivity contribution < 1.29 is 14.0 Å². The standard InChI is InChI=1S/C17H22N2O3/c1-12-8-9-14(15(10-12)20-2)21-11-16-18-17(22-19-16)13-6-4-3-5-7-13/h8-10,13H,3-7,11H2,1-2H3. The van der Waals surface area contributed by atoms with Crippen LogP contribution in [0.3, 0.4) is 0 Å². The van der Waals surface area contributed by atoms with E-state index >= 15 is 0 Å². The van der Waals surface area contributed by atoms with E-state index in [0.29, 0.717) is 17.5 Å². The Morgan fingerprint density at radius 3 is 2.77 bits per heavy atom. The average Bonchev–Trinajstić information content (AvgIpc) is 3.03. The van der Waals surface area contributed by atoms with Crippen LogP contribution in [0.4, 0.5) is 0 Å². The van der Waals surface area contributed by atoms with Gasteiger partial charge < -0.3 is 14.0 Å². The number of nitrogens with zero attached hydrogens (tertiary/aromatic N) is 2. The number of rotatable bonds is 5. The highest BCUT2D eigenvalue weighted by Crippen LogP contribution is 2.32. The molecule has 5 nitrogen and oxygen atoms in total. The van der Waals surface area contributed by atoms with Crippen molar-refractivity contribution in [1.82, 2.24) is 10.1 Å². The lowest BCUT2D eigenvalue weighted by Gasteiger charge is -2.17. The van der Waals surface area contributed by atoms with E-state index in [1.807, 2.05) is 25.1 Å². The molecule has 1 aliphatic rings. The molecule has 0 saturated heterocycles. The van der Waals surface area contributed by atoms with Crippen LogP contribution in [0.5, 0.6) is 11.5 Å². The van der Waals surface area contributed by atoms with Gasteiger partial charge in [0.05, 0.1) is 7.11 Å². The third-order valence-corrected chi connectivity index (χ3v) is 4.11. The highest BCUT2D eigenvalue weighted by Gasteiger charge is 2.21. The van der Waals surface area contributed by atoms with Crippen LogP contribution in [0.1, 0.15) is 55.3 Å². The lowest BCUT2D eigenvalue weighted by molar-refractivity contribution is 0.266. The predicted molar refractivity (Wildman–Crippen MR) is 82.2 cm³/mol. The first-order valence-electron chi connectivity index (χ1n) is 7.86. The van der Waals surface area contributed by atoms with Gasteiger partial charge in [-0.1, -0.05) is 30.5 Å². The molecule has 0 radical (unpaired) electrons. The quantitative estimate of drug-likeness (QED) is 0.835. The summed E-state index contributed by atoms with van der Waals surface area (Å²) in [7, 11) is 1.64. The normalized spacial score (nSPS) is 15.7. The highest BCUT2D eigenvalue weighted by molar-refractivity contribution is 5.42. The van der Waals surface area contributed by atoms with Gasteiger partial charge in [-0.15, -0.1) is 0 Å². The lowest BCUT2D eigenvalue weighted by Crippen LogP contribution is -2.05. The number of aryl methyl sites for hydroxylation is 1. The monoisotopic (exact) mass is 302 g/mol. The molecule has 1 fully saturated rings. The minimum atomic E-state index is 0.287. The van der Waals surface area contributed by atoms with E-state index in [1.54, 1.807) is 7.11 Å². The van der Waals surface area contributed by atoms with E-state index in [9.17, 15) is 0 Å². The van der Waals surface area contributed by atoms with Gasteiger partial charge in [-0.3, -0.25) is 0 Å². The Morgan fingerprint density at radius 2 is 2.00 bits per heavy atom. The first-order valence-corrected chi connectivity index (χ1v) is 7.86. The van der Waals surface area contributed by atoms with Gasteiger partial charge in [0.25, 0.3) is 0 Å². The lowest BCUT2D eigenvalue weighted by atomic mass is 9.89. The molecule has 118 valence electrons. The summed E-state index contributed by atoms with van der Waals surface area (Å²) in [5.74, 6) is 3.18. The zero-order valence-electron chi connectivity index (χ0n) is 13.2. The van der Waals surface area contributed by atoms with Crippen molar-refractivity contribution in [2.45, 2.75) is 51.6 Å². The second kappa shape index (κ2) is 6.81. The van der Waals surface area contributed by atoms with Crippen molar-refractivity contribution in [2.24, 2.45) is 0 Å². The number of hydrogen-bond acceptors (Lipinski definition) is 5. The second-order valence-electron chi connectivity index (χ2n) is 5.83. The smallest absolute Gasteiger partial charge is 0.229 e. The fraction of sp³-hybridized carbons (Fsp3) is 0.529. The fourth-order valence-electron chi connectivity index (χ4n) is 2.88. The van der Waals surface area contributed by atoms with Crippen LogP contribution in [0, 0.1) is 6.92 Å². The molecule has 2 aromatic rings. The van der Waals surface area contributed by atoms with Crippen LogP contribution < -0.4 is 9.47 Å². The largest absolute Gasteiger partial charge is 0.493 e. The Morgan fingerprint density at radius 1 is 1.18 bits per heavy atom. The van der Waals surface area contributed by atoms with Crippen molar-refractivity contribution in [3.8, 4) is 11.5 Å². The van der Waals surface area contributed by atoms with Gasteiger partial charge in [0.2, 0.25) is 11.7 Å². The Bertz CT molecular complexity index is 618. The number of methoxy groups -OCH3 is 1. The fourth-order valence-corrected chi connectivity index (χ4v) is 2.88. The molecule has 0 amide bonds. The van der Waals surface area contributed by atoms with Crippen LogP contribution in [-0.2, 0) is 6.61 Å². The summed E-state index contributed by atoms with van der Waals surface area (Å²) in [5, 5.41) is 4.03. The van der Waals surface area contributed by atoms with Crippen molar-refractivity contribution in [1.29, 1.82) is 0 Å². The Kier molecular flexibility index (Phi) is 4.61. The molecule has 0 atom stereocenters. The van der Waals surface area contributed by atoms with Gasteiger partial charge in [0.1, 0.15) is 0 Å². The van der Waals surface area contributed by atoms with Crippen molar-refractivity contribution in [2.75, 3.05) is 7.11 Å². The van der Waals surface area contributed by atoms with Crippen molar-refractivity contribution in [3.05, 3.63) is 35.5 Å². The summed E-state index contributed by atoms with van der Waals surface area (Å²) >= 11 is 0. The summed E-state index contributed by atoms with van der Waals surface area (Å²) in [6.45, 7) is 2.30. The topological polar surface area (TPSA) is 57.4 Å². The maximum atomic E-state index is 5.76. The minimum Gasteiger partial charge on any atom is -0.493 e. The maximum absolute atomic E-state index is 5.76. The zero-order valence-corrected chi connectivity index (χ0v) is 13.2. The number of ether oxygens (including phenoxy) is 2. The van der Waals surface area contributed by atoms with Crippen molar-refractivity contribution >= 4 is 0 Å². The molecule has 0 spiro atoms. The Labute approximate surface area is 130 Å². The van der Waals surface area contributed by atoms with E-state index in [0.717, 1.165) is 30.0 Å². The molecular weight excluding hydrogens is 280 g/mol. The van der Waals surface area contributed by atoms with E-state index < -0.39 is 0 Å². The molecular formula is C17H22N2O3. The van der Waals surface area contributed by atoms with Gasteiger partial charge in [0.15, 0.2) is 18.1 Å². The van der Waals surface area contributed by atoms with Crippen LogP contribution in [0.25, 0.3) is 0 Å². The van der Waals surface area contributed by atoms with E-state index in [1.165, 1.54) is 19.3 Å². The van der Waals surface area contributed by atoms with E-state index in [-0.39, 0.29) is 6.61 Å². The number of aromatic nitrogens is 2. The van der Waals surface area contributed by atoms with E-state index in [4.69, 9.17) is 14.0 Å². The van der Waals surface area contributed by atoms with Crippen LogP contribution >= 0.6 is 0 Å². The molecule has 0 aliphatic heterocycles. The summed E-state index contributed by atoms with van der Waals surface area (Å²) < 4.78 is 16.5. The van der Waals surface area contributed by atoms with Gasteiger partial charge in [0, 0.05) is 5.92 Å². The van der Waals surface area contributed by atoms with Crippen LogP contribution in [0.2, 0.25) is 0 Å². The Balaban J connectivity index is 1.63. The third-order valence-electron chi connectivity index (χ3n) is 4.11. The zero-order chi connectivity index (χ0) is 15.4. The first kappa shape index (κ1) is 14.9. The summed E-state index contributed by atoms with van der Waals surface area (Å²) in [4.78, 5) is 4.48. The van der Waals surface area contributed by atoms with E-state index in [2.05, 4.69) is 10.1 Å². The molecule has 0 unspecified atom stereocenters. The third kappa shape index (κ3) is 3.40. The van der Waals surface area contributed by atoms with Gasteiger partial charge in [-0.2, -0.15) is 4.98 Å². The van der Waals surface area contributed by atoms with Gasteiger partial charge in [-0.05, 0) is 37.5 Å². The SMILES string of the molecule is COc1cc(C)ccc1OCc1noc(C2CCCCC2)n1. The first-order chi connectivity index (χ1) is 10.8. The van der Waals surface area contributed by atoms with Crippen LogP contribution in [-0.4, -0.2) is 17.3 Å². The summed E-state index contributed by atoms with van der Waals surface area (Å²) in [6, 6.07) is 5.83. The average molecular weight is 302 g/mol. The van der Waals surface area contributed by atoms with Gasteiger partial charge in [-0.25, -0.2) is 0 Å². The second-order valence-corrected chi connectivity index (χ2v) is 5.83. The summed E-state index contributed by atoms with van der Waals surface area (Å²) in [6.07, 6.45) is 6.11. The maximum Gasteiger partial charge on any atom is 0.229 e. The summed E-state index contributed by atoms with van der Waals surface area (Å²) in [5.41, 5.74) is 1.13. The molecule has 0 N–H and O–H groups in total. The molecule has 1 aromatic carbocycles. The molecule has 1 aliphatic carbocycles. The Hall–Kier alpha value is -2.04. The molecule has 5 heteroatoms. The minimum absolute atomic E-state index is 0.287. The van der Waals surface area contributed by atoms with Crippen LogP contribution in [0.15, 0.2) is 22.7 Å². The molecule has 22 heavy (non-hydrogen) atoms. The number of benzene rings is 1. The molecule has 1 heterocycles.